The number of anilines is 1. The summed E-state index contributed by atoms with van der Waals surface area (Å²) in [6, 6.07) is 9.28. The second kappa shape index (κ2) is 13.0. The fourth-order valence-corrected chi connectivity index (χ4v) is 3.71. The van der Waals surface area contributed by atoms with Crippen molar-refractivity contribution in [3.8, 4) is 0 Å². The van der Waals surface area contributed by atoms with E-state index < -0.39 is 0 Å². The minimum Gasteiger partial charge on any atom is -0.381 e. The van der Waals surface area contributed by atoms with E-state index in [-0.39, 0.29) is 0 Å². The number of hydrogen-bond acceptors (Lipinski definition) is 2. The summed E-state index contributed by atoms with van der Waals surface area (Å²) in [5, 5.41) is 0. The van der Waals surface area contributed by atoms with Crippen LogP contribution in [0.5, 0.6) is 0 Å². The fourth-order valence-electron chi connectivity index (χ4n) is 3.71. The monoisotopic (exact) mass is 357 g/mol. The Labute approximate surface area is 161 Å². The molecular weight excluding hydrogens is 318 g/mol. The lowest BCUT2D eigenvalue weighted by molar-refractivity contribution is 0.125. The molecule has 1 atom stereocenters. The first-order valence-electron chi connectivity index (χ1n) is 10.9. The first-order chi connectivity index (χ1) is 12.8. The first-order valence-corrected chi connectivity index (χ1v) is 10.9. The maximum atomic E-state index is 5.72. The van der Waals surface area contributed by atoms with E-state index in [0.29, 0.717) is 6.04 Å². The van der Waals surface area contributed by atoms with Gasteiger partial charge in [0.05, 0.1) is 0 Å². The Balaban J connectivity index is 1.47. The van der Waals surface area contributed by atoms with Crippen LogP contribution >= 0.6 is 0 Å². The Kier molecular flexibility index (Phi) is 10.5. The largest absolute Gasteiger partial charge is 0.381 e. The zero-order valence-electron chi connectivity index (χ0n) is 17.1. The van der Waals surface area contributed by atoms with Gasteiger partial charge in [-0.3, -0.25) is 0 Å². The molecule has 0 amide bonds. The molecule has 1 aliphatic rings. The fraction of sp³-hybridized carbons (Fsp3) is 0.667. The van der Waals surface area contributed by atoms with Crippen molar-refractivity contribution in [2.45, 2.75) is 84.1 Å². The topological polar surface area (TPSA) is 12.5 Å². The molecule has 0 aliphatic carbocycles. The van der Waals surface area contributed by atoms with E-state index in [2.05, 4.69) is 55.2 Å². The predicted molar refractivity (Wildman–Crippen MR) is 115 cm³/mol. The van der Waals surface area contributed by atoms with Gasteiger partial charge >= 0.3 is 0 Å². The highest BCUT2D eigenvalue weighted by Crippen LogP contribution is 2.28. The number of hydrogen-bond donors (Lipinski definition) is 0. The van der Waals surface area contributed by atoms with E-state index in [1.165, 1.54) is 82.0 Å². The van der Waals surface area contributed by atoms with Crippen molar-refractivity contribution in [1.29, 1.82) is 0 Å². The zero-order valence-corrected chi connectivity index (χ0v) is 17.1. The summed E-state index contributed by atoms with van der Waals surface area (Å²) < 4.78 is 5.72. The van der Waals surface area contributed by atoms with Gasteiger partial charge in [-0.2, -0.15) is 0 Å². The van der Waals surface area contributed by atoms with Crippen LogP contribution in [0.4, 0.5) is 5.69 Å². The highest BCUT2D eigenvalue weighted by Gasteiger charge is 2.17. The third-order valence-corrected chi connectivity index (χ3v) is 5.37. The molecule has 0 radical (unpaired) electrons. The van der Waals surface area contributed by atoms with Crippen molar-refractivity contribution in [2.24, 2.45) is 0 Å². The summed E-state index contributed by atoms with van der Waals surface area (Å²) in [7, 11) is 0. The van der Waals surface area contributed by atoms with Crippen molar-refractivity contribution in [3.05, 3.63) is 35.9 Å². The molecule has 26 heavy (non-hydrogen) atoms. The molecule has 2 heteroatoms. The summed E-state index contributed by atoms with van der Waals surface area (Å²) in [5.41, 5.74) is 2.76. The Bertz CT molecular complexity index is 511. The van der Waals surface area contributed by atoms with Gasteiger partial charge in [-0.05, 0) is 37.8 Å². The summed E-state index contributed by atoms with van der Waals surface area (Å²) >= 11 is 0. The molecule has 1 aromatic rings. The van der Waals surface area contributed by atoms with Gasteiger partial charge in [-0.15, -0.1) is 0 Å². The molecule has 0 aromatic heterocycles. The third-order valence-electron chi connectivity index (χ3n) is 5.37. The molecule has 0 saturated carbocycles. The quantitative estimate of drug-likeness (QED) is 0.338. The summed E-state index contributed by atoms with van der Waals surface area (Å²) in [6.45, 7) is 7.65. The highest BCUT2D eigenvalue weighted by molar-refractivity contribution is 5.72. The van der Waals surface area contributed by atoms with Gasteiger partial charge in [-0.25, -0.2) is 0 Å². The van der Waals surface area contributed by atoms with Gasteiger partial charge < -0.3 is 9.64 Å². The lowest BCUT2D eigenvalue weighted by Crippen LogP contribution is -2.34. The maximum Gasteiger partial charge on any atom is 0.0466 e. The highest BCUT2D eigenvalue weighted by atomic mass is 16.5. The van der Waals surface area contributed by atoms with Crippen LogP contribution in [0.2, 0.25) is 0 Å². The Hall–Kier alpha value is -1.28. The molecule has 1 unspecified atom stereocenters. The van der Waals surface area contributed by atoms with Gasteiger partial charge in [0.15, 0.2) is 0 Å². The minimum atomic E-state index is 0.513. The van der Waals surface area contributed by atoms with Crippen LogP contribution in [0.1, 0.15) is 83.6 Å². The number of benzene rings is 1. The van der Waals surface area contributed by atoms with Crippen molar-refractivity contribution in [1.82, 2.24) is 0 Å². The average molecular weight is 358 g/mol. The second-order valence-corrected chi connectivity index (χ2v) is 7.65. The lowest BCUT2D eigenvalue weighted by Gasteiger charge is -2.33. The summed E-state index contributed by atoms with van der Waals surface area (Å²) in [5.74, 6) is 0. The Morgan fingerprint density at radius 2 is 1.50 bits per heavy atom. The first kappa shape index (κ1) is 21.0. The van der Waals surface area contributed by atoms with Crippen molar-refractivity contribution < 1.29 is 4.74 Å². The SMILES string of the molecule is CCCCCCOCCCCCCCCN1c2ccccc2C=CC1C. The zero-order chi connectivity index (χ0) is 18.5. The smallest absolute Gasteiger partial charge is 0.0466 e. The van der Waals surface area contributed by atoms with E-state index in [1.807, 2.05) is 0 Å². The molecule has 2 nitrogen and oxygen atoms in total. The summed E-state index contributed by atoms with van der Waals surface area (Å²) in [4.78, 5) is 2.56. The molecule has 0 N–H and O–H groups in total. The van der Waals surface area contributed by atoms with Crippen LogP contribution in [-0.2, 0) is 4.74 Å². The molecule has 0 bridgehead atoms. The molecular formula is C24H39NO. The van der Waals surface area contributed by atoms with Crippen LogP contribution in [0, 0.1) is 0 Å². The van der Waals surface area contributed by atoms with Gasteiger partial charge in [-0.1, -0.05) is 82.2 Å². The summed E-state index contributed by atoms with van der Waals surface area (Å²) in [6.07, 6.45) is 17.7. The van der Waals surface area contributed by atoms with E-state index >= 15 is 0 Å². The Morgan fingerprint density at radius 1 is 0.846 bits per heavy atom. The number of para-hydroxylation sites is 1. The molecule has 2 rings (SSSR count). The number of rotatable bonds is 14. The van der Waals surface area contributed by atoms with Crippen LogP contribution in [0.15, 0.2) is 30.3 Å². The molecule has 1 aromatic carbocycles. The van der Waals surface area contributed by atoms with Gasteiger partial charge in [0, 0.05) is 31.5 Å². The minimum absolute atomic E-state index is 0.513. The van der Waals surface area contributed by atoms with Crippen LogP contribution in [-0.4, -0.2) is 25.8 Å². The predicted octanol–water partition coefficient (Wildman–Crippen LogP) is 6.85. The van der Waals surface area contributed by atoms with E-state index in [0.717, 1.165) is 13.2 Å². The average Bonchev–Trinajstić information content (AvgIpc) is 2.67. The maximum absolute atomic E-state index is 5.72. The molecule has 146 valence electrons. The number of fused-ring (bicyclic) bond motifs is 1. The lowest BCUT2D eigenvalue weighted by atomic mass is 10.0. The molecule has 0 fully saturated rings. The number of ether oxygens (including phenoxy) is 1. The Morgan fingerprint density at radius 3 is 2.27 bits per heavy atom. The van der Waals surface area contributed by atoms with Gasteiger partial charge in [0.1, 0.15) is 0 Å². The van der Waals surface area contributed by atoms with Crippen molar-refractivity contribution in [3.63, 3.8) is 0 Å². The van der Waals surface area contributed by atoms with Crippen LogP contribution in [0.25, 0.3) is 6.08 Å². The second-order valence-electron chi connectivity index (χ2n) is 7.65. The van der Waals surface area contributed by atoms with E-state index in [1.54, 1.807) is 0 Å². The standard InChI is InChI=1S/C24H39NO/c1-3-4-5-13-20-26-21-14-9-7-6-8-12-19-25-22(2)17-18-23-15-10-11-16-24(23)25/h10-11,15-18,22H,3-9,12-14,19-21H2,1-2H3. The molecule has 1 aliphatic heterocycles. The molecule has 0 saturated heterocycles. The number of unbranched alkanes of at least 4 members (excludes halogenated alkanes) is 8. The number of nitrogens with zero attached hydrogens (tertiary/aromatic N) is 1. The van der Waals surface area contributed by atoms with E-state index in [4.69, 9.17) is 4.74 Å². The van der Waals surface area contributed by atoms with Crippen molar-refractivity contribution in [2.75, 3.05) is 24.7 Å². The normalized spacial score (nSPS) is 16.1. The van der Waals surface area contributed by atoms with Crippen LogP contribution in [0.3, 0.4) is 0 Å². The molecule has 1 heterocycles. The van der Waals surface area contributed by atoms with Crippen molar-refractivity contribution >= 4 is 11.8 Å². The van der Waals surface area contributed by atoms with E-state index in [9.17, 15) is 0 Å². The third kappa shape index (κ3) is 7.53. The van der Waals surface area contributed by atoms with Crippen LogP contribution < -0.4 is 4.90 Å². The van der Waals surface area contributed by atoms with Gasteiger partial charge in [0.25, 0.3) is 0 Å². The van der Waals surface area contributed by atoms with Gasteiger partial charge in [0.2, 0.25) is 0 Å². The molecule has 0 spiro atoms.